The zero-order valence-corrected chi connectivity index (χ0v) is 18.8. The molecule has 0 aromatic heterocycles. The average Bonchev–Trinajstić information content (AvgIpc) is 2.64. The summed E-state index contributed by atoms with van der Waals surface area (Å²) in [5.74, 6) is 2.55. The van der Waals surface area contributed by atoms with Crippen LogP contribution >= 0.6 is 0 Å². The molecule has 0 heterocycles. The molecular weight excluding hydrogens is 374 g/mol. The highest BCUT2D eigenvalue weighted by Crippen LogP contribution is 2.61. The normalized spacial score (nSPS) is 30.3. The van der Waals surface area contributed by atoms with E-state index in [0.29, 0.717) is 6.42 Å². The van der Waals surface area contributed by atoms with Crippen molar-refractivity contribution in [3.05, 3.63) is 29.8 Å². The number of hydrazone groups is 1. The maximum absolute atomic E-state index is 12.7. The molecule has 4 aliphatic carbocycles. The predicted octanol–water partition coefficient (Wildman–Crippen LogP) is 5.12. The molecule has 5 rings (SSSR count). The van der Waals surface area contributed by atoms with Crippen LogP contribution in [0.1, 0.15) is 78.2 Å². The first-order valence-electron chi connectivity index (χ1n) is 11.4. The van der Waals surface area contributed by atoms with Crippen molar-refractivity contribution in [2.75, 3.05) is 5.32 Å². The van der Waals surface area contributed by atoms with Gasteiger partial charge in [-0.05, 0) is 86.3 Å². The van der Waals surface area contributed by atoms with Crippen molar-refractivity contribution < 1.29 is 9.59 Å². The Balaban J connectivity index is 1.37. The first kappa shape index (κ1) is 21.1. The summed E-state index contributed by atoms with van der Waals surface area (Å²) in [5.41, 5.74) is 4.93. The van der Waals surface area contributed by atoms with E-state index in [2.05, 4.69) is 15.8 Å². The van der Waals surface area contributed by atoms with Gasteiger partial charge in [0.15, 0.2) is 0 Å². The zero-order chi connectivity index (χ0) is 21.5. The first-order chi connectivity index (χ1) is 14.1. The van der Waals surface area contributed by atoms with E-state index < -0.39 is 5.41 Å². The molecule has 2 N–H and O–H groups in total. The Hall–Kier alpha value is -2.17. The smallest absolute Gasteiger partial charge is 0.240 e. The predicted molar refractivity (Wildman–Crippen MR) is 120 cm³/mol. The number of nitrogens with zero attached hydrogens (tertiary/aromatic N) is 1. The van der Waals surface area contributed by atoms with Gasteiger partial charge in [-0.2, -0.15) is 5.10 Å². The van der Waals surface area contributed by atoms with Crippen LogP contribution in [0.2, 0.25) is 0 Å². The zero-order valence-electron chi connectivity index (χ0n) is 18.8. The van der Waals surface area contributed by atoms with Crippen LogP contribution in [-0.4, -0.2) is 17.5 Å². The van der Waals surface area contributed by atoms with E-state index in [-0.39, 0.29) is 17.2 Å². The number of hydrogen-bond acceptors (Lipinski definition) is 3. The van der Waals surface area contributed by atoms with Gasteiger partial charge in [0.05, 0.1) is 5.71 Å². The maximum Gasteiger partial charge on any atom is 0.240 e. The van der Waals surface area contributed by atoms with Gasteiger partial charge in [0.25, 0.3) is 0 Å². The molecule has 0 spiro atoms. The van der Waals surface area contributed by atoms with Crippen molar-refractivity contribution in [2.24, 2.45) is 33.7 Å². The maximum atomic E-state index is 12.7. The highest BCUT2D eigenvalue weighted by atomic mass is 16.2. The van der Waals surface area contributed by atoms with Gasteiger partial charge in [0.1, 0.15) is 0 Å². The molecule has 1 aromatic carbocycles. The summed E-state index contributed by atoms with van der Waals surface area (Å²) in [4.78, 5) is 24.9. The Labute approximate surface area is 180 Å². The number of rotatable bonds is 5. The lowest BCUT2D eigenvalue weighted by atomic mass is 9.49. The number of carbonyl (C=O) groups is 2. The van der Waals surface area contributed by atoms with Crippen LogP contribution < -0.4 is 10.7 Å². The van der Waals surface area contributed by atoms with Gasteiger partial charge in [-0.25, -0.2) is 5.43 Å². The van der Waals surface area contributed by atoms with Gasteiger partial charge in [0.2, 0.25) is 11.8 Å². The van der Waals surface area contributed by atoms with Gasteiger partial charge in [-0.15, -0.1) is 0 Å². The van der Waals surface area contributed by atoms with E-state index in [4.69, 9.17) is 0 Å². The molecule has 2 amide bonds. The molecule has 0 saturated heterocycles. The van der Waals surface area contributed by atoms with Crippen molar-refractivity contribution in [3.8, 4) is 0 Å². The molecule has 0 atom stereocenters. The molecular formula is C25H35N3O2. The second kappa shape index (κ2) is 7.82. The van der Waals surface area contributed by atoms with Crippen LogP contribution in [0, 0.1) is 28.6 Å². The fourth-order valence-corrected chi connectivity index (χ4v) is 6.24. The van der Waals surface area contributed by atoms with Crippen LogP contribution in [0.25, 0.3) is 0 Å². The van der Waals surface area contributed by atoms with Gasteiger partial charge in [0, 0.05) is 17.5 Å². The summed E-state index contributed by atoms with van der Waals surface area (Å²) in [6.07, 6.45) is 8.45. The van der Waals surface area contributed by atoms with Crippen LogP contribution in [0.5, 0.6) is 0 Å². The van der Waals surface area contributed by atoms with Crippen molar-refractivity contribution in [3.63, 3.8) is 0 Å². The van der Waals surface area contributed by atoms with E-state index in [1.165, 1.54) is 38.5 Å². The lowest BCUT2D eigenvalue weighted by Gasteiger charge is -2.56. The standard InChI is InChI=1S/C25H35N3O2/c1-16(20-6-5-7-21(11-20)26-23(30)24(2,3)4)27-28-22(29)15-25-12-17-8-18(13-25)10-19(9-17)14-25/h5-7,11,17-19H,8-10,12-15H2,1-4H3,(H,26,30)(H,28,29)/b27-16+. The van der Waals surface area contributed by atoms with Crippen molar-refractivity contribution in [1.29, 1.82) is 0 Å². The molecule has 4 saturated carbocycles. The Morgan fingerprint density at radius 2 is 1.67 bits per heavy atom. The highest BCUT2D eigenvalue weighted by molar-refractivity contribution is 6.01. The monoisotopic (exact) mass is 409 g/mol. The Morgan fingerprint density at radius 3 is 2.23 bits per heavy atom. The van der Waals surface area contributed by atoms with Crippen LogP contribution in [0.15, 0.2) is 29.4 Å². The highest BCUT2D eigenvalue weighted by Gasteiger charge is 2.51. The number of anilines is 1. The SMILES string of the molecule is C/C(=N\NC(=O)CC12CC3CC(CC(C3)C1)C2)c1cccc(NC(=O)C(C)(C)C)c1. The van der Waals surface area contributed by atoms with Gasteiger partial charge >= 0.3 is 0 Å². The van der Waals surface area contributed by atoms with Crippen molar-refractivity contribution >= 4 is 23.2 Å². The van der Waals surface area contributed by atoms with E-state index in [0.717, 1.165) is 34.7 Å². The molecule has 0 radical (unpaired) electrons. The number of amides is 2. The Morgan fingerprint density at radius 1 is 1.07 bits per heavy atom. The molecule has 162 valence electrons. The third kappa shape index (κ3) is 4.60. The minimum atomic E-state index is -0.454. The number of nitrogens with one attached hydrogen (secondary N) is 2. The fraction of sp³-hybridized carbons (Fsp3) is 0.640. The fourth-order valence-electron chi connectivity index (χ4n) is 6.24. The summed E-state index contributed by atoms with van der Waals surface area (Å²) in [6.45, 7) is 7.55. The summed E-state index contributed by atoms with van der Waals surface area (Å²) in [5, 5.41) is 7.31. The lowest BCUT2D eigenvalue weighted by Crippen LogP contribution is -2.47. The van der Waals surface area contributed by atoms with Crippen LogP contribution in [-0.2, 0) is 9.59 Å². The molecule has 5 nitrogen and oxygen atoms in total. The van der Waals surface area contributed by atoms with Gasteiger partial charge in [-0.3, -0.25) is 9.59 Å². The molecule has 5 heteroatoms. The second-order valence-electron chi connectivity index (χ2n) is 11.1. The molecule has 4 aliphatic rings. The van der Waals surface area contributed by atoms with E-state index in [1.807, 2.05) is 52.0 Å². The summed E-state index contributed by atoms with van der Waals surface area (Å²) in [7, 11) is 0. The molecule has 30 heavy (non-hydrogen) atoms. The molecule has 0 unspecified atom stereocenters. The molecule has 0 aliphatic heterocycles. The Kier molecular flexibility index (Phi) is 5.50. The summed E-state index contributed by atoms with van der Waals surface area (Å²) < 4.78 is 0. The van der Waals surface area contributed by atoms with Crippen molar-refractivity contribution in [2.45, 2.75) is 72.6 Å². The second-order valence-corrected chi connectivity index (χ2v) is 11.1. The molecule has 1 aromatic rings. The third-order valence-electron chi connectivity index (χ3n) is 7.27. The van der Waals surface area contributed by atoms with E-state index >= 15 is 0 Å². The Bertz CT molecular complexity index is 830. The van der Waals surface area contributed by atoms with Crippen LogP contribution in [0.4, 0.5) is 5.69 Å². The van der Waals surface area contributed by atoms with E-state index in [9.17, 15) is 9.59 Å². The lowest BCUT2D eigenvalue weighted by molar-refractivity contribution is -0.129. The topological polar surface area (TPSA) is 70.6 Å². The quantitative estimate of drug-likeness (QED) is 0.523. The number of benzene rings is 1. The van der Waals surface area contributed by atoms with Crippen molar-refractivity contribution in [1.82, 2.24) is 5.43 Å². The average molecular weight is 410 g/mol. The first-order valence-corrected chi connectivity index (χ1v) is 11.4. The number of hydrogen-bond donors (Lipinski definition) is 2. The third-order valence-corrected chi connectivity index (χ3v) is 7.27. The van der Waals surface area contributed by atoms with E-state index in [1.54, 1.807) is 0 Å². The van der Waals surface area contributed by atoms with Crippen LogP contribution in [0.3, 0.4) is 0 Å². The summed E-state index contributed by atoms with van der Waals surface area (Å²) >= 11 is 0. The number of carbonyl (C=O) groups excluding carboxylic acids is 2. The molecule has 4 fully saturated rings. The minimum Gasteiger partial charge on any atom is -0.326 e. The molecule has 4 bridgehead atoms. The van der Waals surface area contributed by atoms with Gasteiger partial charge < -0.3 is 5.32 Å². The minimum absolute atomic E-state index is 0.0295. The summed E-state index contributed by atoms with van der Waals surface area (Å²) in [6, 6.07) is 7.60. The largest absolute Gasteiger partial charge is 0.326 e. The van der Waals surface area contributed by atoms with Gasteiger partial charge in [-0.1, -0.05) is 32.9 Å².